The van der Waals surface area contributed by atoms with Crippen LogP contribution in [0.4, 0.5) is 5.69 Å². The van der Waals surface area contributed by atoms with E-state index in [2.05, 4.69) is 9.97 Å². The average molecular weight is 332 g/mol. The number of rotatable bonds is 4. The second-order valence-electron chi connectivity index (χ2n) is 4.67. The van der Waals surface area contributed by atoms with Crippen LogP contribution in [-0.2, 0) is 11.3 Å². The minimum absolute atomic E-state index is 0.159. The van der Waals surface area contributed by atoms with Crippen LogP contribution in [0, 0.1) is 10.1 Å². The Morgan fingerprint density at radius 3 is 2.96 bits per heavy atom. The second-order valence-corrected chi connectivity index (χ2v) is 5.08. The topological polar surface area (TPSA) is 98.1 Å². The van der Waals surface area contributed by atoms with Crippen LogP contribution in [0.25, 0.3) is 11.0 Å². The van der Waals surface area contributed by atoms with Gasteiger partial charge < -0.3 is 9.72 Å². The van der Waals surface area contributed by atoms with E-state index in [0.29, 0.717) is 16.6 Å². The van der Waals surface area contributed by atoms with Gasteiger partial charge >= 0.3 is 5.97 Å². The van der Waals surface area contributed by atoms with Crippen molar-refractivity contribution in [2.45, 2.75) is 6.61 Å². The molecule has 7 nitrogen and oxygen atoms in total. The molecule has 3 aromatic rings. The number of carbonyl (C=O) groups is 1. The summed E-state index contributed by atoms with van der Waals surface area (Å²) in [6.07, 6.45) is 3.14. The third-order valence-electron chi connectivity index (χ3n) is 3.32. The summed E-state index contributed by atoms with van der Waals surface area (Å²) >= 11 is 5.97. The largest absolute Gasteiger partial charge is 0.457 e. The zero-order valence-electron chi connectivity index (χ0n) is 11.7. The van der Waals surface area contributed by atoms with E-state index in [9.17, 15) is 14.9 Å². The lowest BCUT2D eigenvalue weighted by molar-refractivity contribution is -0.385. The number of nitrogens with one attached hydrogen (secondary N) is 1. The van der Waals surface area contributed by atoms with Crippen LogP contribution >= 0.6 is 11.6 Å². The molecule has 0 radical (unpaired) electrons. The predicted octanol–water partition coefficient (Wildman–Crippen LogP) is 3.48. The summed E-state index contributed by atoms with van der Waals surface area (Å²) in [7, 11) is 0. The highest BCUT2D eigenvalue weighted by Gasteiger charge is 2.19. The molecule has 0 bridgehead atoms. The van der Waals surface area contributed by atoms with Gasteiger partial charge in [0.25, 0.3) is 5.69 Å². The summed E-state index contributed by atoms with van der Waals surface area (Å²) in [4.78, 5) is 29.7. The number of ether oxygens (including phenoxy) is 1. The van der Waals surface area contributed by atoms with Crippen molar-refractivity contribution >= 4 is 34.3 Å². The van der Waals surface area contributed by atoms with E-state index < -0.39 is 10.9 Å². The number of aromatic nitrogens is 2. The molecular weight excluding hydrogens is 322 g/mol. The first kappa shape index (κ1) is 15.0. The number of esters is 1. The van der Waals surface area contributed by atoms with Crippen LogP contribution in [0.2, 0.25) is 5.02 Å². The number of benzene rings is 1. The van der Waals surface area contributed by atoms with E-state index in [1.165, 1.54) is 30.5 Å². The van der Waals surface area contributed by atoms with Crippen molar-refractivity contribution in [2.24, 2.45) is 0 Å². The van der Waals surface area contributed by atoms with Gasteiger partial charge in [0.05, 0.1) is 21.1 Å². The number of halogens is 1. The van der Waals surface area contributed by atoms with Crippen LogP contribution < -0.4 is 0 Å². The molecule has 0 aliphatic heterocycles. The fourth-order valence-electron chi connectivity index (χ4n) is 2.22. The maximum Gasteiger partial charge on any atom is 0.339 e. The summed E-state index contributed by atoms with van der Waals surface area (Å²) in [5.74, 6) is -0.605. The first-order valence-corrected chi connectivity index (χ1v) is 6.96. The number of pyridine rings is 1. The summed E-state index contributed by atoms with van der Waals surface area (Å²) in [5.41, 5.74) is 0.854. The lowest BCUT2D eigenvalue weighted by Gasteiger charge is -2.08. The Hall–Kier alpha value is -2.93. The molecule has 0 amide bonds. The summed E-state index contributed by atoms with van der Waals surface area (Å²) in [5, 5.41) is 11.8. The minimum Gasteiger partial charge on any atom is -0.457 e. The number of hydrogen-bond acceptors (Lipinski definition) is 5. The van der Waals surface area contributed by atoms with E-state index in [1.54, 1.807) is 12.3 Å². The van der Waals surface area contributed by atoms with Crippen LogP contribution in [0.1, 0.15) is 15.9 Å². The number of aromatic amines is 1. The standard InChI is InChI=1S/C15H10ClN3O4/c16-12-2-1-3-13(19(21)22)11(12)8-23-15(20)10-5-7-18-14-9(10)4-6-17-14/h1-7H,8H2,(H,17,18). The zero-order chi connectivity index (χ0) is 16.4. The Morgan fingerprint density at radius 2 is 2.17 bits per heavy atom. The maximum absolute atomic E-state index is 12.2. The number of carbonyl (C=O) groups excluding carboxylic acids is 1. The van der Waals surface area contributed by atoms with Gasteiger partial charge in [-0.1, -0.05) is 17.7 Å². The molecule has 0 unspecified atom stereocenters. The van der Waals surface area contributed by atoms with Gasteiger partial charge in [0.2, 0.25) is 0 Å². The van der Waals surface area contributed by atoms with Crippen molar-refractivity contribution in [3.05, 3.63) is 69.0 Å². The Morgan fingerprint density at radius 1 is 1.35 bits per heavy atom. The quantitative estimate of drug-likeness (QED) is 0.448. The molecule has 8 heteroatoms. The molecule has 0 aliphatic carbocycles. The van der Waals surface area contributed by atoms with E-state index in [1.807, 2.05) is 0 Å². The molecule has 0 saturated heterocycles. The van der Waals surface area contributed by atoms with Crippen molar-refractivity contribution < 1.29 is 14.5 Å². The summed E-state index contributed by atoms with van der Waals surface area (Å²) in [6.45, 7) is -0.289. The smallest absolute Gasteiger partial charge is 0.339 e. The number of H-pyrrole nitrogens is 1. The average Bonchev–Trinajstić information content (AvgIpc) is 3.01. The van der Waals surface area contributed by atoms with Gasteiger partial charge in [-0.2, -0.15) is 0 Å². The molecular formula is C15H10ClN3O4. The van der Waals surface area contributed by atoms with Gasteiger partial charge in [0.1, 0.15) is 12.3 Å². The van der Waals surface area contributed by atoms with Gasteiger partial charge in [-0.25, -0.2) is 9.78 Å². The van der Waals surface area contributed by atoms with Gasteiger partial charge in [0.15, 0.2) is 0 Å². The van der Waals surface area contributed by atoms with E-state index in [0.717, 1.165) is 0 Å². The molecule has 0 atom stereocenters. The van der Waals surface area contributed by atoms with Gasteiger partial charge in [-0.3, -0.25) is 10.1 Å². The lowest BCUT2D eigenvalue weighted by Crippen LogP contribution is -2.07. The fourth-order valence-corrected chi connectivity index (χ4v) is 2.44. The molecule has 1 N–H and O–H groups in total. The number of nitrogens with zero attached hydrogens (tertiary/aromatic N) is 2. The lowest BCUT2D eigenvalue weighted by atomic mass is 10.2. The van der Waals surface area contributed by atoms with Crippen molar-refractivity contribution in [3.8, 4) is 0 Å². The van der Waals surface area contributed by atoms with Crippen molar-refractivity contribution in [2.75, 3.05) is 0 Å². The van der Waals surface area contributed by atoms with Gasteiger partial charge in [-0.15, -0.1) is 0 Å². The highest BCUT2D eigenvalue weighted by Crippen LogP contribution is 2.27. The molecule has 0 fully saturated rings. The van der Waals surface area contributed by atoms with Crippen molar-refractivity contribution in [3.63, 3.8) is 0 Å². The van der Waals surface area contributed by atoms with E-state index >= 15 is 0 Å². The van der Waals surface area contributed by atoms with E-state index in [4.69, 9.17) is 16.3 Å². The monoisotopic (exact) mass is 331 g/mol. The Balaban J connectivity index is 1.85. The first-order chi connectivity index (χ1) is 11.1. The highest BCUT2D eigenvalue weighted by molar-refractivity contribution is 6.31. The Kier molecular flexibility index (Phi) is 3.94. The normalized spacial score (nSPS) is 10.7. The molecule has 2 heterocycles. The fraction of sp³-hybridized carbons (Fsp3) is 0.0667. The molecule has 2 aromatic heterocycles. The molecule has 0 saturated carbocycles. The van der Waals surface area contributed by atoms with Gasteiger partial charge in [0, 0.05) is 23.8 Å². The van der Waals surface area contributed by atoms with Crippen LogP contribution in [0.15, 0.2) is 42.7 Å². The SMILES string of the molecule is O=C(OCc1c(Cl)cccc1[N+](=O)[O-])c1ccnc2[nH]ccc12. The zero-order valence-corrected chi connectivity index (χ0v) is 12.4. The number of fused-ring (bicyclic) bond motifs is 1. The van der Waals surface area contributed by atoms with Crippen LogP contribution in [0.3, 0.4) is 0 Å². The van der Waals surface area contributed by atoms with Crippen LogP contribution in [0.5, 0.6) is 0 Å². The third kappa shape index (κ3) is 2.86. The highest BCUT2D eigenvalue weighted by atomic mass is 35.5. The third-order valence-corrected chi connectivity index (χ3v) is 3.67. The first-order valence-electron chi connectivity index (χ1n) is 6.59. The summed E-state index contributed by atoms with van der Waals surface area (Å²) < 4.78 is 5.19. The van der Waals surface area contributed by atoms with E-state index in [-0.39, 0.29) is 22.9 Å². The summed E-state index contributed by atoms with van der Waals surface area (Å²) in [6, 6.07) is 7.52. The van der Waals surface area contributed by atoms with Crippen LogP contribution in [-0.4, -0.2) is 20.9 Å². The number of nitro benzene ring substituents is 1. The van der Waals surface area contributed by atoms with Gasteiger partial charge in [-0.05, 0) is 18.2 Å². The van der Waals surface area contributed by atoms with Crippen molar-refractivity contribution in [1.29, 1.82) is 0 Å². The van der Waals surface area contributed by atoms with Crippen molar-refractivity contribution in [1.82, 2.24) is 9.97 Å². The number of nitro groups is 1. The molecule has 1 aromatic carbocycles. The minimum atomic E-state index is -0.605. The predicted molar refractivity (Wildman–Crippen MR) is 83.3 cm³/mol. The number of hydrogen-bond donors (Lipinski definition) is 1. The second kappa shape index (κ2) is 6.05. The molecule has 0 aliphatic rings. The maximum atomic E-state index is 12.2. The molecule has 0 spiro atoms. The Bertz CT molecular complexity index is 907. The molecule has 116 valence electrons. The molecule has 3 rings (SSSR count). The Labute approximate surface area is 135 Å². The molecule has 23 heavy (non-hydrogen) atoms.